The third-order valence-corrected chi connectivity index (χ3v) is 2.91. The highest BCUT2D eigenvalue weighted by Gasteiger charge is 2.28. The molecule has 0 amide bonds. The van der Waals surface area contributed by atoms with Crippen molar-refractivity contribution in [3.8, 4) is 0 Å². The molecule has 0 radical (unpaired) electrons. The first kappa shape index (κ1) is 15.6. The molecule has 3 heteroatoms. The highest BCUT2D eigenvalue weighted by atomic mass is 79.9. The zero-order valence-corrected chi connectivity index (χ0v) is 12.6. The van der Waals surface area contributed by atoms with Crippen molar-refractivity contribution in [1.82, 2.24) is 5.32 Å². The van der Waals surface area contributed by atoms with Crippen LogP contribution in [0.3, 0.4) is 0 Å². The van der Waals surface area contributed by atoms with Gasteiger partial charge >= 0.3 is 0 Å². The highest BCUT2D eigenvalue weighted by molar-refractivity contribution is 9.11. The van der Waals surface area contributed by atoms with E-state index in [-0.39, 0.29) is 0 Å². The van der Waals surface area contributed by atoms with E-state index in [1.54, 1.807) is 7.11 Å². The van der Waals surface area contributed by atoms with Crippen molar-refractivity contribution in [2.75, 3.05) is 13.7 Å². The molecule has 2 nitrogen and oxygen atoms in total. The Hall–Kier alpha value is -0.440. The summed E-state index contributed by atoms with van der Waals surface area (Å²) in [6.07, 6.45) is 4.76. The number of allylic oxidation sites excluding steroid dienone is 2. The lowest BCUT2D eigenvalue weighted by molar-refractivity contribution is 0.301. The number of methoxy groups -OCH3 is 1. The molecular weight excluding hydrogens is 266 g/mol. The van der Waals surface area contributed by atoms with Gasteiger partial charge in [0.05, 0.1) is 18.1 Å². The molecule has 1 heterocycles. The van der Waals surface area contributed by atoms with Crippen molar-refractivity contribution in [1.29, 1.82) is 0 Å². The molecule has 1 fully saturated rings. The van der Waals surface area contributed by atoms with E-state index in [1.165, 1.54) is 18.5 Å². The summed E-state index contributed by atoms with van der Waals surface area (Å²) in [5, 5.41) is 3.37. The molecule has 16 heavy (non-hydrogen) atoms. The first-order valence-electron chi connectivity index (χ1n) is 6.19. The molecule has 0 aromatic carbocycles. The van der Waals surface area contributed by atoms with Crippen molar-refractivity contribution in [3.05, 3.63) is 22.0 Å². The number of dihydropyridines is 1. The lowest BCUT2D eigenvalue weighted by Gasteiger charge is -2.17. The van der Waals surface area contributed by atoms with Crippen molar-refractivity contribution < 1.29 is 4.74 Å². The summed E-state index contributed by atoms with van der Waals surface area (Å²) in [6.45, 7) is 8.87. The summed E-state index contributed by atoms with van der Waals surface area (Å²) < 4.78 is 6.33. The Morgan fingerprint density at radius 2 is 1.81 bits per heavy atom. The van der Waals surface area contributed by atoms with E-state index in [0.29, 0.717) is 0 Å². The third-order valence-electron chi connectivity index (χ3n) is 2.24. The monoisotopic (exact) mass is 289 g/mol. The van der Waals surface area contributed by atoms with E-state index in [9.17, 15) is 0 Å². The van der Waals surface area contributed by atoms with Gasteiger partial charge in [-0.15, -0.1) is 0 Å². The van der Waals surface area contributed by atoms with E-state index in [4.69, 9.17) is 4.74 Å². The van der Waals surface area contributed by atoms with Crippen molar-refractivity contribution >= 4 is 15.9 Å². The summed E-state index contributed by atoms with van der Waals surface area (Å²) in [6, 6.07) is 0. The first-order chi connectivity index (χ1) is 7.81. The molecule has 2 rings (SSSR count). The SMILES string of the molecule is CC.CC.COC1=C(Br)CNC(C2CC2)=C1. The molecule has 0 saturated heterocycles. The number of nitrogens with one attached hydrogen (secondary N) is 1. The predicted molar refractivity (Wildman–Crippen MR) is 74.5 cm³/mol. The van der Waals surface area contributed by atoms with Gasteiger partial charge in [-0.1, -0.05) is 27.7 Å². The number of hydrogen-bond donors (Lipinski definition) is 1. The molecule has 0 aromatic heterocycles. The van der Waals surface area contributed by atoms with Crippen LogP contribution < -0.4 is 5.32 Å². The van der Waals surface area contributed by atoms with Crippen LogP contribution in [0.4, 0.5) is 0 Å². The molecule has 1 aliphatic carbocycles. The van der Waals surface area contributed by atoms with Gasteiger partial charge in [-0.25, -0.2) is 0 Å². The van der Waals surface area contributed by atoms with Gasteiger partial charge in [-0.3, -0.25) is 0 Å². The average molecular weight is 290 g/mol. The summed E-state index contributed by atoms with van der Waals surface area (Å²) in [4.78, 5) is 0. The fraction of sp³-hybridized carbons (Fsp3) is 0.692. The van der Waals surface area contributed by atoms with E-state index in [2.05, 4.69) is 27.3 Å². The van der Waals surface area contributed by atoms with Gasteiger partial charge in [0.25, 0.3) is 0 Å². The number of rotatable bonds is 2. The predicted octanol–water partition coefficient (Wildman–Crippen LogP) is 4.19. The number of hydrogen-bond acceptors (Lipinski definition) is 2. The standard InChI is InChI=1S/C9H12BrNO.2C2H6/c1-12-9-4-8(6-2-3-6)11-5-7(9)10;2*1-2/h4,6,11H,2-3,5H2,1H3;2*1-2H3. The van der Waals surface area contributed by atoms with Crippen molar-refractivity contribution in [3.63, 3.8) is 0 Å². The molecule has 1 saturated carbocycles. The molecule has 0 bridgehead atoms. The largest absolute Gasteiger partial charge is 0.496 e. The van der Waals surface area contributed by atoms with Crippen molar-refractivity contribution in [2.24, 2.45) is 5.92 Å². The van der Waals surface area contributed by atoms with Crippen LogP contribution in [-0.4, -0.2) is 13.7 Å². The summed E-state index contributed by atoms with van der Waals surface area (Å²) >= 11 is 3.46. The van der Waals surface area contributed by atoms with Gasteiger partial charge in [0.2, 0.25) is 0 Å². The minimum absolute atomic E-state index is 0.774. The van der Waals surface area contributed by atoms with Crippen LogP contribution >= 0.6 is 15.9 Å². The van der Waals surface area contributed by atoms with Crippen LogP contribution in [0.2, 0.25) is 0 Å². The zero-order chi connectivity index (χ0) is 12.6. The van der Waals surface area contributed by atoms with E-state index < -0.39 is 0 Å². The van der Waals surface area contributed by atoms with Crippen LogP contribution in [0.25, 0.3) is 0 Å². The highest BCUT2D eigenvalue weighted by Crippen LogP contribution is 2.37. The van der Waals surface area contributed by atoms with Crippen LogP contribution in [0.1, 0.15) is 40.5 Å². The lowest BCUT2D eigenvalue weighted by atomic mass is 10.2. The number of ether oxygens (including phenoxy) is 1. The van der Waals surface area contributed by atoms with E-state index in [0.717, 1.165) is 22.7 Å². The van der Waals surface area contributed by atoms with E-state index >= 15 is 0 Å². The fourth-order valence-corrected chi connectivity index (χ4v) is 1.78. The Morgan fingerprint density at radius 3 is 2.25 bits per heavy atom. The summed E-state index contributed by atoms with van der Waals surface area (Å²) in [5.41, 5.74) is 1.34. The van der Waals surface area contributed by atoms with Crippen LogP contribution in [0.5, 0.6) is 0 Å². The Kier molecular flexibility index (Phi) is 8.44. The van der Waals surface area contributed by atoms with Gasteiger partial charge in [0.1, 0.15) is 5.76 Å². The topological polar surface area (TPSA) is 21.3 Å². The van der Waals surface area contributed by atoms with E-state index in [1.807, 2.05) is 27.7 Å². The quantitative estimate of drug-likeness (QED) is 0.823. The number of halogens is 1. The minimum atomic E-state index is 0.774. The van der Waals surface area contributed by atoms with Gasteiger partial charge in [0, 0.05) is 11.8 Å². The Morgan fingerprint density at radius 1 is 1.25 bits per heavy atom. The maximum atomic E-state index is 5.23. The molecule has 1 N–H and O–H groups in total. The lowest BCUT2D eigenvalue weighted by Crippen LogP contribution is -2.21. The van der Waals surface area contributed by atoms with Crippen LogP contribution in [0.15, 0.2) is 22.0 Å². The Bertz CT molecular complexity index is 255. The summed E-state index contributed by atoms with van der Waals surface area (Å²) in [5.74, 6) is 1.74. The normalized spacial score (nSPS) is 18.2. The molecule has 0 unspecified atom stereocenters. The molecule has 2 aliphatic rings. The second-order valence-corrected chi connectivity index (χ2v) is 4.16. The minimum Gasteiger partial charge on any atom is -0.496 e. The van der Waals surface area contributed by atoms with Crippen LogP contribution in [0, 0.1) is 5.92 Å². The third kappa shape index (κ3) is 4.60. The Balaban J connectivity index is 0.000000509. The maximum Gasteiger partial charge on any atom is 0.132 e. The fourth-order valence-electron chi connectivity index (χ4n) is 1.36. The van der Waals surface area contributed by atoms with Crippen LogP contribution in [-0.2, 0) is 4.74 Å². The molecular formula is C13H24BrNO. The second-order valence-electron chi connectivity index (χ2n) is 3.20. The Labute approximate surface area is 108 Å². The van der Waals surface area contributed by atoms with Crippen molar-refractivity contribution in [2.45, 2.75) is 40.5 Å². The van der Waals surface area contributed by atoms with Gasteiger partial charge in [-0.2, -0.15) is 0 Å². The molecule has 0 aromatic rings. The van der Waals surface area contributed by atoms with Gasteiger partial charge in [0.15, 0.2) is 0 Å². The molecule has 0 spiro atoms. The maximum absolute atomic E-state index is 5.23. The molecule has 1 aliphatic heterocycles. The first-order valence-corrected chi connectivity index (χ1v) is 6.98. The molecule has 0 atom stereocenters. The second kappa shape index (κ2) is 8.68. The molecule has 94 valence electrons. The summed E-state index contributed by atoms with van der Waals surface area (Å²) in [7, 11) is 1.71. The zero-order valence-electron chi connectivity index (χ0n) is 11.1. The van der Waals surface area contributed by atoms with Gasteiger partial charge in [-0.05, 0) is 34.7 Å². The average Bonchev–Trinajstić information content (AvgIpc) is 3.19. The smallest absolute Gasteiger partial charge is 0.132 e. The van der Waals surface area contributed by atoms with Gasteiger partial charge < -0.3 is 10.1 Å².